The van der Waals surface area contributed by atoms with E-state index in [9.17, 15) is 4.79 Å². The molecule has 0 aliphatic rings. The summed E-state index contributed by atoms with van der Waals surface area (Å²) in [5.74, 6) is -0.308. The molecule has 0 aliphatic heterocycles. The van der Waals surface area contributed by atoms with Crippen molar-refractivity contribution < 1.29 is 4.79 Å². The van der Waals surface area contributed by atoms with Crippen molar-refractivity contribution in [2.75, 3.05) is 13.1 Å². The number of guanidine groups is 1. The fraction of sp³-hybridized carbons (Fsp3) is 0.412. The number of benzene rings is 1. The predicted molar refractivity (Wildman–Crippen MR) is 105 cm³/mol. The van der Waals surface area contributed by atoms with Gasteiger partial charge in [-0.1, -0.05) is 50.3 Å². The molecule has 1 heterocycles. The van der Waals surface area contributed by atoms with Crippen LogP contribution in [0.1, 0.15) is 42.4 Å². The summed E-state index contributed by atoms with van der Waals surface area (Å²) in [7, 11) is 0. The summed E-state index contributed by atoms with van der Waals surface area (Å²) in [5.41, 5.74) is 13.2. The van der Waals surface area contributed by atoms with E-state index in [1.54, 1.807) is 10.9 Å². The predicted octanol–water partition coefficient (Wildman–Crippen LogP) is 1.05. The number of carbonyl (C=O) groups is 1. The molecule has 2 rings (SSSR count). The van der Waals surface area contributed by atoms with E-state index in [4.69, 9.17) is 11.5 Å². The van der Waals surface area contributed by atoms with Crippen molar-refractivity contribution in [1.29, 1.82) is 0 Å². The number of rotatable bonds is 6. The molecule has 5 N–H and O–H groups in total. The number of carbonyl (C=O) groups excluding carboxylic acids is 1. The molecule has 0 spiro atoms. The van der Waals surface area contributed by atoms with Gasteiger partial charge in [0.1, 0.15) is 0 Å². The molecule has 0 bridgehead atoms. The van der Waals surface area contributed by atoms with Crippen molar-refractivity contribution in [3.8, 4) is 0 Å². The van der Waals surface area contributed by atoms with Gasteiger partial charge in [-0.25, -0.2) is 4.68 Å². The highest BCUT2D eigenvalue weighted by atomic mass is 35.5. The Kier molecular flexibility index (Phi) is 7.57. The van der Waals surface area contributed by atoms with Gasteiger partial charge in [0, 0.05) is 6.54 Å². The standard InChI is InChI=1S/C17H25N7O.ClH/c1-17(2,3)13-6-4-12(5-7-13)10-24-11-14(22-23-24)15(25)20-8-9-21-16(18)19;/h4-7,11H,8-10H2,1-3H3,(H,20,25)(H4,18,19,21);1H. The lowest BCUT2D eigenvalue weighted by molar-refractivity contribution is 0.0949. The maximum Gasteiger partial charge on any atom is 0.273 e. The average molecular weight is 380 g/mol. The molecular formula is C17H26ClN7O. The van der Waals surface area contributed by atoms with Crippen molar-refractivity contribution in [3.63, 3.8) is 0 Å². The van der Waals surface area contributed by atoms with Crippen molar-refractivity contribution in [3.05, 3.63) is 47.3 Å². The van der Waals surface area contributed by atoms with Gasteiger partial charge >= 0.3 is 0 Å². The van der Waals surface area contributed by atoms with E-state index in [0.717, 1.165) is 5.56 Å². The van der Waals surface area contributed by atoms with E-state index in [0.29, 0.717) is 19.6 Å². The van der Waals surface area contributed by atoms with Crippen LogP contribution in [0.3, 0.4) is 0 Å². The van der Waals surface area contributed by atoms with Crippen molar-refractivity contribution in [2.24, 2.45) is 16.5 Å². The van der Waals surface area contributed by atoms with E-state index in [1.165, 1.54) is 5.56 Å². The minimum absolute atomic E-state index is 0. The van der Waals surface area contributed by atoms with Crippen LogP contribution in [0.4, 0.5) is 0 Å². The monoisotopic (exact) mass is 379 g/mol. The molecule has 0 atom stereocenters. The Morgan fingerprint density at radius 1 is 1.23 bits per heavy atom. The van der Waals surface area contributed by atoms with Crippen LogP contribution < -0.4 is 16.8 Å². The third-order valence-electron chi connectivity index (χ3n) is 3.63. The fourth-order valence-electron chi connectivity index (χ4n) is 2.22. The molecule has 8 nitrogen and oxygen atoms in total. The minimum atomic E-state index is -0.305. The fourth-order valence-corrected chi connectivity index (χ4v) is 2.22. The molecule has 26 heavy (non-hydrogen) atoms. The van der Waals surface area contributed by atoms with Gasteiger partial charge in [0.2, 0.25) is 0 Å². The lowest BCUT2D eigenvalue weighted by Gasteiger charge is -2.19. The number of nitrogens with two attached hydrogens (primary N) is 2. The summed E-state index contributed by atoms with van der Waals surface area (Å²) in [6.07, 6.45) is 1.62. The molecule has 1 aromatic carbocycles. The second kappa shape index (κ2) is 9.19. The number of amides is 1. The molecule has 1 amide bonds. The quantitative estimate of drug-likeness (QED) is 0.393. The smallest absolute Gasteiger partial charge is 0.273 e. The van der Waals surface area contributed by atoms with Crippen LogP contribution in [0.2, 0.25) is 0 Å². The summed E-state index contributed by atoms with van der Waals surface area (Å²) in [4.78, 5) is 15.8. The molecule has 2 aromatic rings. The highest BCUT2D eigenvalue weighted by Gasteiger charge is 2.13. The Labute approximate surface area is 159 Å². The summed E-state index contributed by atoms with van der Waals surface area (Å²) >= 11 is 0. The molecule has 0 unspecified atom stereocenters. The number of halogens is 1. The first kappa shape index (κ1) is 21.4. The average Bonchev–Trinajstić information content (AvgIpc) is 2.99. The third kappa shape index (κ3) is 6.36. The SMILES string of the molecule is CC(C)(C)c1ccc(Cn2cc(C(=O)NCCN=C(N)N)nn2)cc1.Cl. The molecule has 0 fully saturated rings. The van der Waals surface area contributed by atoms with E-state index in [2.05, 4.69) is 65.7 Å². The third-order valence-corrected chi connectivity index (χ3v) is 3.63. The van der Waals surface area contributed by atoms with Gasteiger partial charge in [-0.2, -0.15) is 0 Å². The van der Waals surface area contributed by atoms with Gasteiger partial charge in [-0.15, -0.1) is 17.5 Å². The van der Waals surface area contributed by atoms with Crippen LogP contribution in [0.25, 0.3) is 0 Å². The normalized spacial score (nSPS) is 10.7. The largest absolute Gasteiger partial charge is 0.370 e. The van der Waals surface area contributed by atoms with Gasteiger partial charge in [0.25, 0.3) is 5.91 Å². The zero-order valence-electron chi connectivity index (χ0n) is 15.3. The van der Waals surface area contributed by atoms with Crippen molar-refractivity contribution >= 4 is 24.3 Å². The van der Waals surface area contributed by atoms with Gasteiger partial charge in [0.05, 0.1) is 19.3 Å². The summed E-state index contributed by atoms with van der Waals surface area (Å²) in [6, 6.07) is 8.36. The number of aliphatic imine (C=N–C) groups is 1. The van der Waals surface area contributed by atoms with Gasteiger partial charge in [-0.05, 0) is 16.5 Å². The lowest BCUT2D eigenvalue weighted by atomic mass is 9.87. The first-order valence-electron chi connectivity index (χ1n) is 8.09. The Hall–Kier alpha value is -2.61. The maximum absolute atomic E-state index is 12.0. The molecular weight excluding hydrogens is 354 g/mol. The lowest BCUT2D eigenvalue weighted by Crippen LogP contribution is -2.29. The second-order valence-corrected chi connectivity index (χ2v) is 6.81. The molecule has 1 aromatic heterocycles. The number of hydrogen-bond acceptors (Lipinski definition) is 4. The highest BCUT2D eigenvalue weighted by Crippen LogP contribution is 2.22. The zero-order chi connectivity index (χ0) is 18.4. The van der Waals surface area contributed by atoms with Crippen LogP contribution in [0, 0.1) is 0 Å². The summed E-state index contributed by atoms with van der Waals surface area (Å²) < 4.78 is 1.64. The van der Waals surface area contributed by atoms with Gasteiger partial charge in [0.15, 0.2) is 11.7 Å². The molecule has 0 saturated carbocycles. The van der Waals surface area contributed by atoms with Crippen molar-refractivity contribution in [1.82, 2.24) is 20.3 Å². The van der Waals surface area contributed by atoms with E-state index in [1.807, 2.05) is 0 Å². The molecule has 9 heteroatoms. The van der Waals surface area contributed by atoms with Crippen LogP contribution in [0.5, 0.6) is 0 Å². The van der Waals surface area contributed by atoms with E-state index >= 15 is 0 Å². The Morgan fingerprint density at radius 2 is 1.88 bits per heavy atom. The molecule has 142 valence electrons. The van der Waals surface area contributed by atoms with E-state index in [-0.39, 0.29) is 35.4 Å². The van der Waals surface area contributed by atoms with Crippen LogP contribution in [0.15, 0.2) is 35.5 Å². The topological polar surface area (TPSA) is 124 Å². The van der Waals surface area contributed by atoms with Crippen LogP contribution in [-0.2, 0) is 12.0 Å². The van der Waals surface area contributed by atoms with Crippen molar-refractivity contribution in [2.45, 2.75) is 32.7 Å². The molecule has 0 saturated heterocycles. The zero-order valence-corrected chi connectivity index (χ0v) is 16.1. The molecule has 0 aliphatic carbocycles. The van der Waals surface area contributed by atoms with Gasteiger partial charge < -0.3 is 16.8 Å². The summed E-state index contributed by atoms with van der Waals surface area (Å²) in [5, 5.41) is 10.6. The van der Waals surface area contributed by atoms with Crippen LogP contribution >= 0.6 is 12.4 Å². The highest BCUT2D eigenvalue weighted by molar-refractivity contribution is 5.91. The first-order valence-corrected chi connectivity index (χ1v) is 8.09. The first-order chi connectivity index (χ1) is 11.8. The molecule has 0 radical (unpaired) electrons. The number of aromatic nitrogens is 3. The Bertz CT molecular complexity index is 743. The number of hydrogen-bond donors (Lipinski definition) is 3. The van der Waals surface area contributed by atoms with Gasteiger partial charge in [-0.3, -0.25) is 9.79 Å². The summed E-state index contributed by atoms with van der Waals surface area (Å²) in [6.45, 7) is 7.74. The number of nitrogens with one attached hydrogen (secondary N) is 1. The minimum Gasteiger partial charge on any atom is -0.370 e. The number of nitrogens with zero attached hydrogens (tertiary/aromatic N) is 4. The second-order valence-electron chi connectivity index (χ2n) is 6.81. The Balaban J connectivity index is 0.00000338. The Morgan fingerprint density at radius 3 is 2.46 bits per heavy atom. The maximum atomic E-state index is 12.0. The van der Waals surface area contributed by atoms with E-state index < -0.39 is 0 Å². The van der Waals surface area contributed by atoms with Crippen LogP contribution in [-0.4, -0.2) is 40.0 Å².